The Morgan fingerprint density at radius 1 is 1.36 bits per heavy atom. The van der Waals surface area contributed by atoms with E-state index in [9.17, 15) is 9.90 Å². The lowest BCUT2D eigenvalue weighted by atomic mass is 10.1. The van der Waals surface area contributed by atoms with Gasteiger partial charge in [-0.3, -0.25) is 9.89 Å². The topological polar surface area (TPSA) is 104 Å². The van der Waals surface area contributed by atoms with Crippen LogP contribution in [0.5, 0.6) is 0 Å². The second-order valence-electron chi connectivity index (χ2n) is 5.09. The van der Waals surface area contributed by atoms with Gasteiger partial charge < -0.3 is 14.8 Å². The van der Waals surface area contributed by atoms with Gasteiger partial charge in [0.1, 0.15) is 12.1 Å². The van der Waals surface area contributed by atoms with Gasteiger partial charge in [0.25, 0.3) is 5.91 Å². The number of carbonyl (C=O) groups excluding carboxylic acids is 1. The third kappa shape index (κ3) is 4.62. The molecular formula is C16H15ClN4O3S. The van der Waals surface area contributed by atoms with E-state index in [0.717, 1.165) is 0 Å². The van der Waals surface area contributed by atoms with Crippen LogP contribution in [0.25, 0.3) is 0 Å². The maximum Gasteiger partial charge on any atom is 0.287 e. The molecule has 0 aliphatic heterocycles. The van der Waals surface area contributed by atoms with E-state index in [0.29, 0.717) is 27.3 Å². The summed E-state index contributed by atoms with van der Waals surface area (Å²) in [6, 6.07) is 10.3. The number of halogens is 1. The number of furan rings is 1. The highest BCUT2D eigenvalue weighted by atomic mass is 35.5. The highest BCUT2D eigenvalue weighted by molar-refractivity contribution is 7.98. The largest absolute Gasteiger partial charge is 0.455 e. The van der Waals surface area contributed by atoms with Gasteiger partial charge in [0.2, 0.25) is 0 Å². The van der Waals surface area contributed by atoms with Crippen molar-refractivity contribution in [3.8, 4) is 0 Å². The smallest absolute Gasteiger partial charge is 0.287 e. The van der Waals surface area contributed by atoms with Crippen LogP contribution in [0.1, 0.15) is 28.0 Å². The third-order valence-electron chi connectivity index (χ3n) is 3.35. The first-order chi connectivity index (χ1) is 12.1. The maximum absolute atomic E-state index is 12.1. The average molecular weight is 379 g/mol. The van der Waals surface area contributed by atoms with Crippen molar-refractivity contribution in [3.05, 3.63) is 64.8 Å². The summed E-state index contributed by atoms with van der Waals surface area (Å²) in [7, 11) is 0. The summed E-state index contributed by atoms with van der Waals surface area (Å²) in [5, 5.41) is 20.4. The zero-order valence-corrected chi connectivity index (χ0v) is 14.5. The average Bonchev–Trinajstić information content (AvgIpc) is 3.29. The lowest BCUT2D eigenvalue weighted by Gasteiger charge is -2.13. The molecule has 3 rings (SSSR count). The predicted molar refractivity (Wildman–Crippen MR) is 93.4 cm³/mol. The van der Waals surface area contributed by atoms with Gasteiger partial charge in [0.05, 0.1) is 11.9 Å². The van der Waals surface area contributed by atoms with E-state index in [2.05, 4.69) is 20.5 Å². The highest BCUT2D eigenvalue weighted by Crippen LogP contribution is 2.22. The van der Waals surface area contributed by atoms with Gasteiger partial charge in [-0.15, -0.1) is 0 Å². The van der Waals surface area contributed by atoms with Crippen molar-refractivity contribution >= 4 is 29.3 Å². The summed E-state index contributed by atoms with van der Waals surface area (Å²) in [5.74, 6) is 0.935. The van der Waals surface area contributed by atoms with Crippen LogP contribution in [-0.2, 0) is 5.75 Å². The van der Waals surface area contributed by atoms with Crippen molar-refractivity contribution in [2.75, 3.05) is 6.54 Å². The van der Waals surface area contributed by atoms with Gasteiger partial charge in [-0.2, -0.15) is 5.10 Å². The summed E-state index contributed by atoms with van der Waals surface area (Å²) >= 11 is 7.44. The Morgan fingerprint density at radius 3 is 2.96 bits per heavy atom. The number of aromatic amines is 1. The van der Waals surface area contributed by atoms with Crippen LogP contribution < -0.4 is 5.32 Å². The normalized spacial score (nSPS) is 12.1. The third-order valence-corrected chi connectivity index (χ3v) is 4.59. The van der Waals surface area contributed by atoms with Gasteiger partial charge in [-0.1, -0.05) is 41.6 Å². The molecule has 0 aliphatic carbocycles. The summed E-state index contributed by atoms with van der Waals surface area (Å²) in [6.45, 7) is 0.0331. The number of hydrogen-bond donors (Lipinski definition) is 3. The Labute approximate surface area is 152 Å². The fraction of sp³-hybridized carbons (Fsp3) is 0.188. The molecule has 0 saturated heterocycles. The zero-order chi connectivity index (χ0) is 17.6. The van der Waals surface area contributed by atoms with Gasteiger partial charge in [-0.25, -0.2) is 4.98 Å². The van der Waals surface area contributed by atoms with Crippen LogP contribution in [0.2, 0.25) is 5.02 Å². The molecule has 2 aromatic heterocycles. The number of benzene rings is 1. The fourth-order valence-electron chi connectivity index (χ4n) is 2.11. The molecule has 3 N–H and O–H groups in total. The molecule has 2 heterocycles. The molecule has 1 unspecified atom stereocenters. The molecule has 25 heavy (non-hydrogen) atoms. The first kappa shape index (κ1) is 17.5. The van der Waals surface area contributed by atoms with Crippen molar-refractivity contribution in [1.29, 1.82) is 0 Å². The molecule has 1 atom stereocenters. The van der Waals surface area contributed by atoms with Crippen LogP contribution >= 0.6 is 23.4 Å². The summed E-state index contributed by atoms with van der Waals surface area (Å²) in [6.07, 6.45) is 0.530. The Bertz CT molecular complexity index is 838. The maximum atomic E-state index is 12.1. The molecule has 0 saturated carbocycles. The van der Waals surface area contributed by atoms with E-state index < -0.39 is 12.0 Å². The number of hydrogen-bond acceptors (Lipinski definition) is 6. The molecule has 130 valence electrons. The fourth-order valence-corrected chi connectivity index (χ4v) is 3.05. The van der Waals surface area contributed by atoms with E-state index >= 15 is 0 Å². The number of rotatable bonds is 7. The van der Waals surface area contributed by atoms with E-state index in [1.165, 1.54) is 18.1 Å². The van der Waals surface area contributed by atoms with Gasteiger partial charge in [0, 0.05) is 17.1 Å². The Hall–Kier alpha value is -2.29. The number of nitrogens with zero attached hydrogens (tertiary/aromatic N) is 2. The Kier molecular flexibility index (Phi) is 5.75. The quantitative estimate of drug-likeness (QED) is 0.546. The molecule has 0 fully saturated rings. The first-order valence-electron chi connectivity index (χ1n) is 7.41. The number of aromatic nitrogens is 3. The van der Waals surface area contributed by atoms with Crippen molar-refractivity contribution in [3.63, 3.8) is 0 Å². The first-order valence-corrected chi connectivity index (χ1v) is 8.77. The zero-order valence-electron chi connectivity index (χ0n) is 13.0. The minimum Gasteiger partial charge on any atom is -0.455 e. The SMILES string of the molecule is O=C(NCC(O)c1ccccc1Cl)c1ccc(CSc2ncn[nH]2)o1. The molecule has 0 radical (unpaired) electrons. The lowest BCUT2D eigenvalue weighted by molar-refractivity contribution is 0.0887. The molecule has 3 aromatic rings. The van der Waals surface area contributed by atoms with E-state index in [1.807, 2.05) is 0 Å². The van der Waals surface area contributed by atoms with E-state index in [-0.39, 0.29) is 12.3 Å². The minimum absolute atomic E-state index is 0.0331. The molecule has 0 aliphatic rings. The second kappa shape index (κ2) is 8.19. The number of nitrogens with one attached hydrogen (secondary N) is 2. The van der Waals surface area contributed by atoms with Crippen LogP contribution in [0.15, 0.2) is 52.3 Å². The highest BCUT2D eigenvalue weighted by Gasteiger charge is 2.15. The Morgan fingerprint density at radius 2 is 2.20 bits per heavy atom. The van der Waals surface area contributed by atoms with Crippen LogP contribution in [0.3, 0.4) is 0 Å². The Balaban J connectivity index is 1.52. The number of amides is 1. The van der Waals surface area contributed by atoms with Crippen LogP contribution in [-0.4, -0.2) is 32.7 Å². The van der Waals surface area contributed by atoms with Crippen molar-refractivity contribution in [2.24, 2.45) is 0 Å². The number of H-pyrrole nitrogens is 1. The second-order valence-corrected chi connectivity index (χ2v) is 6.46. The predicted octanol–water partition coefficient (Wildman–Crippen LogP) is 2.81. The minimum atomic E-state index is -0.894. The standard InChI is InChI=1S/C16H15ClN4O3S/c17-12-4-2-1-3-11(12)13(22)7-18-15(23)14-6-5-10(24-14)8-25-16-19-9-20-21-16/h1-6,9,13,22H,7-8H2,(H,18,23)(H,19,20,21). The van der Waals surface area contributed by atoms with E-state index in [1.54, 1.807) is 36.4 Å². The number of thioether (sulfide) groups is 1. The van der Waals surface area contributed by atoms with Crippen LogP contribution in [0, 0.1) is 0 Å². The molecule has 0 spiro atoms. The molecule has 9 heteroatoms. The summed E-state index contributed by atoms with van der Waals surface area (Å²) in [4.78, 5) is 16.1. The van der Waals surface area contributed by atoms with Gasteiger partial charge in [-0.05, 0) is 18.2 Å². The van der Waals surface area contributed by atoms with Crippen molar-refractivity contribution in [1.82, 2.24) is 20.5 Å². The number of carbonyl (C=O) groups is 1. The van der Waals surface area contributed by atoms with Crippen molar-refractivity contribution in [2.45, 2.75) is 17.0 Å². The van der Waals surface area contributed by atoms with Gasteiger partial charge >= 0.3 is 0 Å². The van der Waals surface area contributed by atoms with Crippen LogP contribution in [0.4, 0.5) is 0 Å². The molecule has 1 aromatic carbocycles. The molecular weight excluding hydrogens is 364 g/mol. The molecule has 7 nitrogen and oxygen atoms in total. The number of aliphatic hydroxyl groups is 1. The lowest BCUT2D eigenvalue weighted by Crippen LogP contribution is -2.28. The van der Waals surface area contributed by atoms with E-state index in [4.69, 9.17) is 16.0 Å². The molecule has 0 bridgehead atoms. The summed E-state index contributed by atoms with van der Waals surface area (Å²) in [5.41, 5.74) is 0.563. The number of aliphatic hydroxyl groups excluding tert-OH is 1. The van der Waals surface area contributed by atoms with Crippen molar-refractivity contribution < 1.29 is 14.3 Å². The van der Waals surface area contributed by atoms with Gasteiger partial charge in [0.15, 0.2) is 10.9 Å². The monoisotopic (exact) mass is 378 g/mol. The molecule has 1 amide bonds. The summed E-state index contributed by atoms with van der Waals surface area (Å²) < 4.78 is 5.50.